The minimum atomic E-state index is 0.286. The van der Waals surface area contributed by atoms with Gasteiger partial charge in [0.1, 0.15) is 0 Å². The molecule has 4 heteroatoms. The SMILES string of the molecule is CC1CCN(c2ccc(NCCC(=O)N3CCCC3)cc2)CC1. The van der Waals surface area contributed by atoms with E-state index in [1.165, 1.54) is 18.5 Å². The molecule has 0 saturated carbocycles. The maximum absolute atomic E-state index is 12.0. The summed E-state index contributed by atoms with van der Waals surface area (Å²) in [5, 5.41) is 3.37. The molecule has 23 heavy (non-hydrogen) atoms. The lowest BCUT2D eigenvalue weighted by molar-refractivity contribution is -0.129. The molecule has 0 atom stereocenters. The van der Waals surface area contributed by atoms with Crippen molar-refractivity contribution in [1.82, 2.24) is 4.90 Å². The summed E-state index contributed by atoms with van der Waals surface area (Å²) in [6.45, 7) is 7.28. The molecule has 0 unspecified atom stereocenters. The van der Waals surface area contributed by atoms with Crippen molar-refractivity contribution in [2.45, 2.75) is 39.0 Å². The van der Waals surface area contributed by atoms with Crippen LogP contribution in [-0.4, -0.2) is 43.5 Å². The summed E-state index contributed by atoms with van der Waals surface area (Å²) in [6, 6.07) is 8.66. The van der Waals surface area contributed by atoms with Gasteiger partial charge >= 0.3 is 0 Å². The maximum atomic E-state index is 12.0. The van der Waals surface area contributed by atoms with Crippen molar-refractivity contribution in [3.8, 4) is 0 Å². The highest BCUT2D eigenvalue weighted by Crippen LogP contribution is 2.24. The first-order valence-corrected chi connectivity index (χ1v) is 9.09. The van der Waals surface area contributed by atoms with E-state index in [0.717, 1.165) is 57.2 Å². The second-order valence-corrected chi connectivity index (χ2v) is 6.98. The number of nitrogens with one attached hydrogen (secondary N) is 1. The first-order valence-electron chi connectivity index (χ1n) is 9.09. The minimum absolute atomic E-state index is 0.286. The molecule has 3 rings (SSSR count). The molecule has 4 nitrogen and oxygen atoms in total. The maximum Gasteiger partial charge on any atom is 0.224 e. The van der Waals surface area contributed by atoms with E-state index in [4.69, 9.17) is 0 Å². The Balaban J connectivity index is 1.43. The van der Waals surface area contributed by atoms with E-state index in [-0.39, 0.29) is 5.91 Å². The van der Waals surface area contributed by atoms with Crippen LogP contribution in [0, 0.1) is 5.92 Å². The molecule has 1 N–H and O–H groups in total. The van der Waals surface area contributed by atoms with E-state index < -0.39 is 0 Å². The van der Waals surface area contributed by atoms with Gasteiger partial charge < -0.3 is 15.1 Å². The van der Waals surface area contributed by atoms with Gasteiger partial charge in [-0.1, -0.05) is 6.92 Å². The van der Waals surface area contributed by atoms with Gasteiger partial charge in [0.15, 0.2) is 0 Å². The number of likely N-dealkylation sites (tertiary alicyclic amines) is 1. The van der Waals surface area contributed by atoms with Gasteiger partial charge in [0.05, 0.1) is 0 Å². The third kappa shape index (κ3) is 4.40. The largest absolute Gasteiger partial charge is 0.385 e. The van der Waals surface area contributed by atoms with Gasteiger partial charge in [0.25, 0.3) is 0 Å². The minimum Gasteiger partial charge on any atom is -0.385 e. The van der Waals surface area contributed by atoms with E-state index >= 15 is 0 Å². The number of hydrogen-bond donors (Lipinski definition) is 1. The molecule has 0 aliphatic carbocycles. The Morgan fingerprint density at radius 3 is 2.39 bits per heavy atom. The number of benzene rings is 1. The topological polar surface area (TPSA) is 35.6 Å². The van der Waals surface area contributed by atoms with Crippen LogP contribution in [-0.2, 0) is 4.79 Å². The molecular formula is C19H29N3O. The predicted octanol–water partition coefficient (Wildman–Crippen LogP) is 3.35. The smallest absolute Gasteiger partial charge is 0.224 e. The van der Waals surface area contributed by atoms with Crippen molar-refractivity contribution < 1.29 is 4.79 Å². The molecule has 2 saturated heterocycles. The van der Waals surface area contributed by atoms with Crippen molar-refractivity contribution in [1.29, 1.82) is 0 Å². The lowest BCUT2D eigenvalue weighted by Crippen LogP contribution is -2.32. The van der Waals surface area contributed by atoms with Crippen molar-refractivity contribution >= 4 is 17.3 Å². The summed E-state index contributed by atoms with van der Waals surface area (Å²) >= 11 is 0. The van der Waals surface area contributed by atoms with E-state index in [0.29, 0.717) is 6.42 Å². The molecule has 0 bridgehead atoms. The zero-order valence-electron chi connectivity index (χ0n) is 14.3. The molecular weight excluding hydrogens is 286 g/mol. The molecule has 0 radical (unpaired) electrons. The first-order chi connectivity index (χ1) is 11.2. The predicted molar refractivity (Wildman–Crippen MR) is 96.0 cm³/mol. The third-order valence-electron chi connectivity index (χ3n) is 5.14. The third-order valence-corrected chi connectivity index (χ3v) is 5.14. The van der Waals surface area contributed by atoms with Crippen LogP contribution >= 0.6 is 0 Å². The van der Waals surface area contributed by atoms with Gasteiger partial charge in [-0.15, -0.1) is 0 Å². The molecule has 2 aliphatic rings. The number of piperidine rings is 1. The van der Waals surface area contributed by atoms with E-state index in [1.807, 2.05) is 4.90 Å². The van der Waals surface area contributed by atoms with Crippen LogP contribution in [0.3, 0.4) is 0 Å². The number of hydrogen-bond acceptors (Lipinski definition) is 3. The average Bonchev–Trinajstić information content (AvgIpc) is 3.11. The van der Waals surface area contributed by atoms with Crippen molar-refractivity contribution in [2.75, 3.05) is 42.9 Å². The lowest BCUT2D eigenvalue weighted by Gasteiger charge is -2.32. The van der Waals surface area contributed by atoms with Gasteiger partial charge in [0, 0.05) is 50.5 Å². The van der Waals surface area contributed by atoms with Crippen LogP contribution in [0.5, 0.6) is 0 Å². The standard InChI is InChI=1S/C19H29N3O/c1-16-9-14-21(15-10-16)18-6-4-17(5-7-18)20-11-8-19(23)22-12-2-3-13-22/h4-7,16,20H,2-3,8-15H2,1H3. The van der Waals surface area contributed by atoms with Crippen LogP contribution < -0.4 is 10.2 Å². The van der Waals surface area contributed by atoms with E-state index in [2.05, 4.69) is 41.4 Å². The van der Waals surface area contributed by atoms with Crippen LogP contribution in [0.15, 0.2) is 24.3 Å². The number of nitrogens with zero attached hydrogens (tertiary/aromatic N) is 2. The molecule has 0 spiro atoms. The fraction of sp³-hybridized carbons (Fsp3) is 0.632. The van der Waals surface area contributed by atoms with Gasteiger partial charge in [-0.2, -0.15) is 0 Å². The monoisotopic (exact) mass is 315 g/mol. The summed E-state index contributed by atoms with van der Waals surface area (Å²) in [5.74, 6) is 1.15. The van der Waals surface area contributed by atoms with E-state index in [9.17, 15) is 4.79 Å². The highest BCUT2D eigenvalue weighted by Gasteiger charge is 2.17. The molecule has 1 amide bonds. The van der Waals surface area contributed by atoms with Crippen LogP contribution in [0.4, 0.5) is 11.4 Å². The van der Waals surface area contributed by atoms with Crippen LogP contribution in [0.2, 0.25) is 0 Å². The number of carbonyl (C=O) groups is 1. The summed E-state index contributed by atoms with van der Waals surface area (Å²) in [5.41, 5.74) is 2.42. The normalized spacial score (nSPS) is 19.2. The molecule has 2 aliphatic heterocycles. The number of carbonyl (C=O) groups excluding carboxylic acids is 1. The van der Waals surface area contributed by atoms with Crippen LogP contribution in [0.1, 0.15) is 39.0 Å². The zero-order chi connectivity index (χ0) is 16.1. The number of amides is 1. The Morgan fingerprint density at radius 1 is 1.09 bits per heavy atom. The molecule has 2 fully saturated rings. The average molecular weight is 315 g/mol. The summed E-state index contributed by atoms with van der Waals surface area (Å²) in [7, 11) is 0. The number of rotatable bonds is 5. The van der Waals surface area contributed by atoms with Gasteiger partial charge in [-0.25, -0.2) is 0 Å². The summed E-state index contributed by atoms with van der Waals surface area (Å²) in [6.07, 6.45) is 5.49. The van der Waals surface area contributed by atoms with Gasteiger partial charge in [0.2, 0.25) is 5.91 Å². The Hall–Kier alpha value is -1.71. The Labute approximate surface area is 139 Å². The van der Waals surface area contributed by atoms with Crippen molar-refractivity contribution in [2.24, 2.45) is 5.92 Å². The van der Waals surface area contributed by atoms with Crippen LogP contribution in [0.25, 0.3) is 0 Å². The molecule has 2 heterocycles. The molecule has 1 aromatic rings. The first kappa shape index (κ1) is 16.2. The fourth-order valence-electron chi connectivity index (χ4n) is 3.50. The van der Waals surface area contributed by atoms with Crippen molar-refractivity contribution in [3.63, 3.8) is 0 Å². The summed E-state index contributed by atoms with van der Waals surface area (Å²) in [4.78, 5) is 16.5. The van der Waals surface area contributed by atoms with Gasteiger partial charge in [-0.3, -0.25) is 4.79 Å². The van der Waals surface area contributed by atoms with E-state index in [1.54, 1.807) is 0 Å². The zero-order valence-corrected chi connectivity index (χ0v) is 14.3. The lowest BCUT2D eigenvalue weighted by atomic mass is 9.99. The number of anilines is 2. The fourth-order valence-corrected chi connectivity index (χ4v) is 3.50. The quantitative estimate of drug-likeness (QED) is 0.905. The highest BCUT2D eigenvalue weighted by molar-refractivity contribution is 5.77. The summed E-state index contributed by atoms with van der Waals surface area (Å²) < 4.78 is 0. The Bertz CT molecular complexity index is 500. The Kier molecular flexibility index (Phi) is 5.42. The van der Waals surface area contributed by atoms with Crippen molar-refractivity contribution in [3.05, 3.63) is 24.3 Å². The Morgan fingerprint density at radius 2 is 1.74 bits per heavy atom. The molecule has 126 valence electrons. The second-order valence-electron chi connectivity index (χ2n) is 6.98. The van der Waals surface area contributed by atoms with Gasteiger partial charge in [-0.05, 0) is 55.9 Å². The second kappa shape index (κ2) is 7.71. The molecule has 1 aromatic carbocycles. The highest BCUT2D eigenvalue weighted by atomic mass is 16.2. The molecule has 0 aromatic heterocycles.